The molecule has 174 valence electrons. The van der Waals surface area contributed by atoms with Crippen LogP contribution in [-0.4, -0.2) is 39.2 Å². The van der Waals surface area contributed by atoms with Gasteiger partial charge in [-0.25, -0.2) is 4.98 Å². The highest BCUT2D eigenvalue weighted by Gasteiger charge is 2.20. The zero-order valence-electron chi connectivity index (χ0n) is 19.2. The third kappa shape index (κ3) is 4.28. The number of hydrogen-bond donors (Lipinski definition) is 3. The molecule has 0 spiro atoms. The Balaban J connectivity index is 1.37. The summed E-state index contributed by atoms with van der Waals surface area (Å²) in [4.78, 5) is 12.3. The first-order chi connectivity index (χ1) is 17.2. The summed E-state index contributed by atoms with van der Waals surface area (Å²) in [6.07, 6.45) is 5.07. The van der Waals surface area contributed by atoms with Gasteiger partial charge in [-0.2, -0.15) is 5.26 Å². The molecule has 2 aromatic carbocycles. The molecule has 0 unspecified atom stereocenters. The fourth-order valence-electron chi connectivity index (χ4n) is 4.83. The van der Waals surface area contributed by atoms with Gasteiger partial charge in [0.05, 0.1) is 17.4 Å². The summed E-state index contributed by atoms with van der Waals surface area (Å²) < 4.78 is 0. The molecule has 3 aromatic heterocycles. The van der Waals surface area contributed by atoms with Gasteiger partial charge in [0.25, 0.3) is 0 Å². The Morgan fingerprint density at radius 2 is 2.00 bits per heavy atom. The lowest BCUT2D eigenvalue weighted by atomic mass is 10.0. The molecule has 1 fully saturated rings. The Bertz CT molecular complexity index is 1550. The maximum atomic E-state index is 9.86. The number of nitriles is 1. The number of H-pyrrole nitrogens is 1. The first-order valence-corrected chi connectivity index (χ1v) is 12.6. The molecule has 0 bridgehead atoms. The number of fused-ring (bicyclic) bond motifs is 2. The predicted molar refractivity (Wildman–Crippen MR) is 142 cm³/mol. The molecular formula is C28H25N5OS. The molecule has 0 saturated carbocycles. The third-order valence-electron chi connectivity index (χ3n) is 6.74. The number of aromatic amines is 1. The smallest absolute Gasteiger partial charge is 0.126 e. The molecule has 3 N–H and O–H groups in total. The van der Waals surface area contributed by atoms with Crippen LogP contribution in [0.2, 0.25) is 0 Å². The van der Waals surface area contributed by atoms with E-state index in [4.69, 9.17) is 0 Å². The summed E-state index contributed by atoms with van der Waals surface area (Å²) in [7, 11) is 0. The van der Waals surface area contributed by atoms with Crippen molar-refractivity contribution >= 4 is 43.8 Å². The van der Waals surface area contributed by atoms with Crippen molar-refractivity contribution in [3.05, 3.63) is 78.1 Å². The number of aromatic nitrogens is 2. The molecule has 6 nitrogen and oxygen atoms in total. The van der Waals surface area contributed by atoms with Crippen LogP contribution < -0.4 is 5.32 Å². The predicted octanol–water partition coefficient (Wildman–Crippen LogP) is 6.02. The van der Waals surface area contributed by atoms with Crippen molar-refractivity contribution in [2.75, 3.05) is 18.4 Å². The van der Waals surface area contributed by atoms with Crippen LogP contribution in [0.25, 0.3) is 31.6 Å². The van der Waals surface area contributed by atoms with Gasteiger partial charge in [-0.3, -0.25) is 4.90 Å². The van der Waals surface area contributed by atoms with E-state index >= 15 is 0 Å². The Hall–Kier alpha value is -3.70. The first kappa shape index (κ1) is 21.8. The van der Waals surface area contributed by atoms with Gasteiger partial charge in [-0.05, 0) is 54.3 Å². The molecular weight excluding hydrogens is 454 g/mol. The molecule has 0 amide bonds. The number of thiophene rings is 1. The largest absolute Gasteiger partial charge is 0.393 e. The Morgan fingerprint density at radius 1 is 1.14 bits per heavy atom. The van der Waals surface area contributed by atoms with Crippen molar-refractivity contribution in [2.24, 2.45) is 0 Å². The second-order valence-corrected chi connectivity index (χ2v) is 10.1. The number of rotatable bonds is 5. The fraction of sp³-hybridized carbons (Fsp3) is 0.214. The Morgan fingerprint density at radius 3 is 2.86 bits per heavy atom. The lowest BCUT2D eigenvalue weighted by Crippen LogP contribution is -2.35. The SMILES string of the molecule is N#Cc1cnc2sc(-c3ccccc3CN3CCC(O)CC3)cc2c1Nc1ccc2[nH]ccc2c1. The van der Waals surface area contributed by atoms with E-state index in [1.807, 2.05) is 24.4 Å². The minimum Gasteiger partial charge on any atom is -0.393 e. The number of nitrogens with zero attached hydrogens (tertiary/aromatic N) is 3. The van der Waals surface area contributed by atoms with Crippen molar-refractivity contribution < 1.29 is 5.11 Å². The number of piperidine rings is 1. The van der Waals surface area contributed by atoms with Gasteiger partial charge < -0.3 is 15.4 Å². The van der Waals surface area contributed by atoms with Crippen molar-refractivity contribution in [1.29, 1.82) is 5.26 Å². The highest BCUT2D eigenvalue weighted by Crippen LogP contribution is 2.40. The lowest BCUT2D eigenvalue weighted by molar-refractivity contribution is 0.0793. The highest BCUT2D eigenvalue weighted by atomic mass is 32.1. The fourth-order valence-corrected chi connectivity index (χ4v) is 5.90. The Labute approximate surface area is 207 Å². The van der Waals surface area contributed by atoms with E-state index in [0.29, 0.717) is 5.56 Å². The van der Waals surface area contributed by atoms with Crippen LogP contribution >= 0.6 is 11.3 Å². The molecule has 1 aliphatic rings. The third-order valence-corrected chi connectivity index (χ3v) is 7.82. The van der Waals surface area contributed by atoms with Crippen molar-refractivity contribution in [1.82, 2.24) is 14.9 Å². The normalized spacial score (nSPS) is 15.0. The second kappa shape index (κ2) is 9.16. The monoisotopic (exact) mass is 479 g/mol. The summed E-state index contributed by atoms with van der Waals surface area (Å²) in [5, 5.41) is 25.2. The van der Waals surface area contributed by atoms with Gasteiger partial charge in [0.15, 0.2) is 0 Å². The van der Waals surface area contributed by atoms with Gasteiger partial charge >= 0.3 is 0 Å². The first-order valence-electron chi connectivity index (χ1n) is 11.8. The summed E-state index contributed by atoms with van der Waals surface area (Å²) >= 11 is 1.65. The van der Waals surface area contributed by atoms with Gasteiger partial charge in [0, 0.05) is 58.9 Å². The van der Waals surface area contributed by atoms with Crippen molar-refractivity contribution in [3.8, 4) is 16.5 Å². The number of anilines is 2. The maximum absolute atomic E-state index is 9.86. The highest BCUT2D eigenvalue weighted by molar-refractivity contribution is 7.22. The van der Waals surface area contributed by atoms with E-state index in [-0.39, 0.29) is 6.10 Å². The van der Waals surface area contributed by atoms with Crippen molar-refractivity contribution in [2.45, 2.75) is 25.5 Å². The summed E-state index contributed by atoms with van der Waals surface area (Å²) in [6, 6.07) is 21.1. The summed E-state index contributed by atoms with van der Waals surface area (Å²) in [6.45, 7) is 2.68. The number of likely N-dealkylation sites (tertiary alicyclic amines) is 1. The number of hydrogen-bond acceptors (Lipinski definition) is 6. The quantitative estimate of drug-likeness (QED) is 0.287. The Kier molecular flexibility index (Phi) is 5.71. The average Bonchev–Trinajstić information content (AvgIpc) is 3.53. The molecule has 5 aromatic rings. The van der Waals surface area contributed by atoms with E-state index in [2.05, 4.69) is 62.7 Å². The molecule has 0 atom stereocenters. The molecule has 0 aliphatic carbocycles. The molecule has 6 rings (SSSR count). The van der Waals surface area contributed by atoms with E-state index in [1.165, 1.54) is 11.1 Å². The zero-order chi connectivity index (χ0) is 23.8. The maximum Gasteiger partial charge on any atom is 0.126 e. The van der Waals surface area contributed by atoms with Crippen LogP contribution in [0.5, 0.6) is 0 Å². The molecule has 0 radical (unpaired) electrons. The molecule has 1 aliphatic heterocycles. The van der Waals surface area contributed by atoms with Crippen LogP contribution in [0, 0.1) is 11.3 Å². The zero-order valence-corrected chi connectivity index (χ0v) is 20.0. The average molecular weight is 480 g/mol. The van der Waals surface area contributed by atoms with Crippen LogP contribution in [0.1, 0.15) is 24.0 Å². The summed E-state index contributed by atoms with van der Waals surface area (Å²) in [5.41, 5.74) is 5.78. The number of nitrogens with one attached hydrogen (secondary N) is 2. The molecule has 1 saturated heterocycles. The standard InChI is InChI=1S/C28H25N5OS/c29-15-20-16-31-28-24(27(20)32-21-5-6-25-18(13-21)7-10-30-25)14-26(35-28)23-4-2-1-3-19(23)17-33-11-8-22(34)9-12-33/h1-7,10,13-14,16,22,30,34H,8-9,11-12,17H2,(H,31,32). The number of pyridine rings is 1. The van der Waals surface area contributed by atoms with E-state index in [1.54, 1.807) is 17.5 Å². The second-order valence-electron chi connectivity index (χ2n) is 9.06. The minimum absolute atomic E-state index is 0.173. The van der Waals surface area contributed by atoms with Crippen LogP contribution in [0.3, 0.4) is 0 Å². The molecule has 7 heteroatoms. The molecule has 4 heterocycles. The summed E-state index contributed by atoms with van der Waals surface area (Å²) in [5.74, 6) is 0. The van der Waals surface area contributed by atoms with Gasteiger partial charge in [0.2, 0.25) is 0 Å². The number of aliphatic hydroxyl groups is 1. The molecule has 35 heavy (non-hydrogen) atoms. The number of aliphatic hydroxyl groups excluding tert-OH is 1. The van der Waals surface area contributed by atoms with Gasteiger partial charge in [-0.1, -0.05) is 24.3 Å². The number of benzene rings is 2. The van der Waals surface area contributed by atoms with Gasteiger partial charge in [-0.15, -0.1) is 11.3 Å². The lowest BCUT2D eigenvalue weighted by Gasteiger charge is -2.30. The van der Waals surface area contributed by atoms with Crippen LogP contribution in [-0.2, 0) is 6.54 Å². The minimum atomic E-state index is -0.173. The van der Waals surface area contributed by atoms with Crippen LogP contribution in [0.4, 0.5) is 11.4 Å². The van der Waals surface area contributed by atoms with Crippen molar-refractivity contribution in [3.63, 3.8) is 0 Å². The van der Waals surface area contributed by atoms with Gasteiger partial charge in [0.1, 0.15) is 10.9 Å². The van der Waals surface area contributed by atoms with E-state index in [0.717, 1.165) is 69.8 Å². The van der Waals surface area contributed by atoms with E-state index < -0.39 is 0 Å². The topological polar surface area (TPSA) is 88.0 Å². The van der Waals surface area contributed by atoms with E-state index in [9.17, 15) is 10.4 Å². The van der Waals surface area contributed by atoms with Crippen LogP contribution in [0.15, 0.2) is 67.0 Å².